The molecule has 3 aromatic rings. The first-order chi connectivity index (χ1) is 16.1. The highest BCUT2D eigenvalue weighted by atomic mass is 32.2. The van der Waals surface area contributed by atoms with Crippen molar-refractivity contribution in [2.24, 2.45) is 5.10 Å². The summed E-state index contributed by atoms with van der Waals surface area (Å²) in [6.45, 7) is 2.08. The van der Waals surface area contributed by atoms with Gasteiger partial charge in [0, 0.05) is 11.6 Å². The molecule has 0 atom stereocenters. The van der Waals surface area contributed by atoms with Crippen molar-refractivity contribution in [3.63, 3.8) is 0 Å². The van der Waals surface area contributed by atoms with E-state index in [1.165, 1.54) is 36.6 Å². The number of nitrogens with one attached hydrogen (secondary N) is 1. The zero-order valence-corrected chi connectivity index (χ0v) is 19.8. The first kappa shape index (κ1) is 23.0. The SMILES string of the molecule is COc1cccc(/C=N/NC(=O)CSc2nnc(-c3ccc(C)cc3)n2C2CCCCC2)c1. The molecular weight excluding hydrogens is 434 g/mol. The quantitative estimate of drug-likeness (QED) is 0.288. The summed E-state index contributed by atoms with van der Waals surface area (Å²) in [6, 6.07) is 16.2. The number of nitrogens with zero attached hydrogens (tertiary/aromatic N) is 4. The summed E-state index contributed by atoms with van der Waals surface area (Å²) < 4.78 is 7.44. The molecule has 0 unspecified atom stereocenters. The fraction of sp³-hybridized carbons (Fsp3) is 0.360. The molecule has 1 amide bonds. The molecule has 2 aromatic carbocycles. The average Bonchev–Trinajstić information content (AvgIpc) is 3.28. The molecule has 172 valence electrons. The number of aryl methyl sites for hydroxylation is 1. The first-order valence-corrected chi connectivity index (χ1v) is 12.2. The van der Waals surface area contributed by atoms with E-state index >= 15 is 0 Å². The van der Waals surface area contributed by atoms with E-state index in [-0.39, 0.29) is 11.7 Å². The molecule has 1 fully saturated rings. The largest absolute Gasteiger partial charge is 0.497 e. The molecule has 33 heavy (non-hydrogen) atoms. The first-order valence-electron chi connectivity index (χ1n) is 11.2. The Kier molecular flexibility index (Phi) is 7.78. The molecule has 0 aliphatic heterocycles. The van der Waals surface area contributed by atoms with Crippen molar-refractivity contribution in [3.8, 4) is 17.1 Å². The molecule has 0 spiro atoms. The third-order valence-electron chi connectivity index (χ3n) is 5.74. The van der Waals surface area contributed by atoms with Gasteiger partial charge >= 0.3 is 0 Å². The topological polar surface area (TPSA) is 81.4 Å². The fourth-order valence-electron chi connectivity index (χ4n) is 4.01. The molecule has 1 aliphatic rings. The summed E-state index contributed by atoms with van der Waals surface area (Å²) >= 11 is 1.40. The van der Waals surface area contributed by atoms with Crippen LogP contribution in [0.4, 0.5) is 0 Å². The van der Waals surface area contributed by atoms with E-state index in [2.05, 4.69) is 56.5 Å². The maximum atomic E-state index is 12.4. The minimum Gasteiger partial charge on any atom is -0.497 e. The summed E-state index contributed by atoms with van der Waals surface area (Å²) in [5.74, 6) is 1.65. The highest BCUT2D eigenvalue weighted by Crippen LogP contribution is 2.35. The van der Waals surface area contributed by atoms with Gasteiger partial charge in [0.1, 0.15) is 5.75 Å². The number of rotatable bonds is 8. The molecular formula is C25H29N5O2S. The molecule has 8 heteroatoms. The van der Waals surface area contributed by atoms with Crippen molar-refractivity contribution in [1.82, 2.24) is 20.2 Å². The van der Waals surface area contributed by atoms with Crippen LogP contribution in [0.2, 0.25) is 0 Å². The van der Waals surface area contributed by atoms with E-state index in [1.54, 1.807) is 13.3 Å². The molecule has 1 N–H and O–H groups in total. The van der Waals surface area contributed by atoms with Crippen LogP contribution in [0, 0.1) is 6.92 Å². The maximum Gasteiger partial charge on any atom is 0.250 e. The Labute approximate surface area is 198 Å². The molecule has 1 heterocycles. The van der Waals surface area contributed by atoms with E-state index < -0.39 is 0 Å². The van der Waals surface area contributed by atoms with Crippen molar-refractivity contribution < 1.29 is 9.53 Å². The standard InChI is InChI=1S/C25H29N5O2S/c1-18-11-13-20(14-12-18)24-28-29-25(30(24)21-8-4-3-5-9-21)33-17-23(31)27-26-16-19-7-6-10-22(15-19)32-2/h6-7,10-16,21H,3-5,8-9,17H2,1-2H3,(H,27,31)/b26-16+. The van der Waals surface area contributed by atoms with Crippen molar-refractivity contribution in [1.29, 1.82) is 0 Å². The summed E-state index contributed by atoms with van der Waals surface area (Å²) in [6.07, 6.45) is 7.52. The number of hydrogen-bond donors (Lipinski definition) is 1. The molecule has 0 saturated heterocycles. The van der Waals surface area contributed by atoms with Crippen LogP contribution in [-0.2, 0) is 4.79 Å². The lowest BCUT2D eigenvalue weighted by atomic mass is 9.95. The normalized spacial score (nSPS) is 14.5. The maximum absolute atomic E-state index is 12.4. The number of benzene rings is 2. The highest BCUT2D eigenvalue weighted by molar-refractivity contribution is 7.99. The third kappa shape index (κ3) is 6.01. The van der Waals surface area contributed by atoms with Gasteiger partial charge in [-0.25, -0.2) is 5.43 Å². The number of thioether (sulfide) groups is 1. The van der Waals surface area contributed by atoms with Gasteiger partial charge < -0.3 is 4.74 Å². The zero-order chi connectivity index (χ0) is 23.0. The zero-order valence-electron chi connectivity index (χ0n) is 19.0. The number of hydrogen-bond acceptors (Lipinski definition) is 6. The van der Waals surface area contributed by atoms with E-state index in [0.717, 1.165) is 40.7 Å². The molecule has 1 aliphatic carbocycles. The number of carbonyl (C=O) groups excluding carboxylic acids is 1. The summed E-state index contributed by atoms with van der Waals surface area (Å²) in [4.78, 5) is 12.4. The second-order valence-corrected chi connectivity index (χ2v) is 9.14. The van der Waals surface area contributed by atoms with Crippen LogP contribution in [0.25, 0.3) is 11.4 Å². The monoisotopic (exact) mass is 463 g/mol. The van der Waals surface area contributed by atoms with Crippen LogP contribution in [0.5, 0.6) is 5.75 Å². The van der Waals surface area contributed by atoms with Crippen molar-refractivity contribution >= 4 is 23.9 Å². The Morgan fingerprint density at radius 1 is 1.18 bits per heavy atom. The highest BCUT2D eigenvalue weighted by Gasteiger charge is 2.24. The Morgan fingerprint density at radius 3 is 2.73 bits per heavy atom. The number of aromatic nitrogens is 3. The molecule has 4 rings (SSSR count). The van der Waals surface area contributed by atoms with Gasteiger partial charge in [-0.15, -0.1) is 10.2 Å². The van der Waals surface area contributed by atoms with E-state index in [0.29, 0.717) is 6.04 Å². The van der Waals surface area contributed by atoms with Crippen LogP contribution >= 0.6 is 11.8 Å². The molecule has 1 saturated carbocycles. The summed E-state index contributed by atoms with van der Waals surface area (Å²) in [7, 11) is 1.62. The van der Waals surface area contributed by atoms with Gasteiger partial charge in [0.05, 0.1) is 19.1 Å². The lowest BCUT2D eigenvalue weighted by Crippen LogP contribution is -2.20. The number of carbonyl (C=O) groups is 1. The molecule has 1 aromatic heterocycles. The predicted octanol–water partition coefficient (Wildman–Crippen LogP) is 5.01. The minimum atomic E-state index is -0.186. The van der Waals surface area contributed by atoms with Crippen LogP contribution in [0.15, 0.2) is 58.8 Å². The number of amides is 1. The Morgan fingerprint density at radius 2 is 1.97 bits per heavy atom. The molecule has 0 bridgehead atoms. The van der Waals surface area contributed by atoms with Gasteiger partial charge in [-0.3, -0.25) is 9.36 Å². The fourth-order valence-corrected chi connectivity index (χ4v) is 4.80. The second kappa shape index (κ2) is 11.1. The number of hydrazone groups is 1. The van der Waals surface area contributed by atoms with E-state index in [4.69, 9.17) is 4.74 Å². The van der Waals surface area contributed by atoms with E-state index in [1.807, 2.05) is 24.3 Å². The molecule has 0 radical (unpaired) electrons. The summed E-state index contributed by atoms with van der Waals surface area (Å²) in [5.41, 5.74) is 5.71. The van der Waals surface area contributed by atoms with Gasteiger partial charge in [-0.1, -0.05) is 73.0 Å². The van der Waals surface area contributed by atoms with E-state index in [9.17, 15) is 4.79 Å². The average molecular weight is 464 g/mol. The van der Waals surface area contributed by atoms with Crippen LogP contribution in [0.1, 0.15) is 49.3 Å². The van der Waals surface area contributed by atoms with Gasteiger partial charge in [0.25, 0.3) is 5.91 Å². The van der Waals surface area contributed by atoms with Gasteiger partial charge in [-0.05, 0) is 37.5 Å². The van der Waals surface area contributed by atoms with Gasteiger partial charge in [-0.2, -0.15) is 5.10 Å². The van der Waals surface area contributed by atoms with Crippen molar-refractivity contribution in [3.05, 3.63) is 59.7 Å². The summed E-state index contributed by atoms with van der Waals surface area (Å²) in [5, 5.41) is 13.8. The molecule has 7 nitrogen and oxygen atoms in total. The predicted molar refractivity (Wildman–Crippen MR) is 132 cm³/mol. The number of methoxy groups -OCH3 is 1. The number of ether oxygens (including phenoxy) is 1. The van der Waals surface area contributed by atoms with Crippen LogP contribution < -0.4 is 10.2 Å². The Balaban J connectivity index is 1.44. The van der Waals surface area contributed by atoms with Gasteiger partial charge in [0.2, 0.25) is 0 Å². The lowest BCUT2D eigenvalue weighted by Gasteiger charge is -2.25. The van der Waals surface area contributed by atoms with Crippen LogP contribution in [-0.4, -0.2) is 39.7 Å². The minimum absolute atomic E-state index is 0.186. The third-order valence-corrected chi connectivity index (χ3v) is 6.69. The van der Waals surface area contributed by atoms with Gasteiger partial charge in [0.15, 0.2) is 11.0 Å². The smallest absolute Gasteiger partial charge is 0.250 e. The van der Waals surface area contributed by atoms with Crippen molar-refractivity contribution in [2.45, 2.75) is 50.2 Å². The second-order valence-electron chi connectivity index (χ2n) is 8.19. The lowest BCUT2D eigenvalue weighted by molar-refractivity contribution is -0.118. The Hall–Kier alpha value is -3.13. The van der Waals surface area contributed by atoms with Crippen LogP contribution in [0.3, 0.4) is 0 Å². The Bertz CT molecular complexity index is 1100. The van der Waals surface area contributed by atoms with Crippen molar-refractivity contribution in [2.75, 3.05) is 12.9 Å².